The second-order valence-corrected chi connectivity index (χ2v) is 5.12. The fraction of sp³-hybridized carbons (Fsp3) is 0.375. The average molecular weight is 286 g/mol. The monoisotopic (exact) mass is 286 g/mol. The van der Waals surface area contributed by atoms with Crippen LogP contribution >= 0.6 is 0 Å². The van der Waals surface area contributed by atoms with Gasteiger partial charge in [0.2, 0.25) is 5.91 Å². The van der Waals surface area contributed by atoms with Gasteiger partial charge in [-0.05, 0) is 24.6 Å². The Morgan fingerprint density at radius 1 is 1.38 bits per heavy atom. The molecule has 1 aromatic carbocycles. The quantitative estimate of drug-likeness (QED) is 0.816. The third-order valence-corrected chi connectivity index (χ3v) is 3.53. The topological polar surface area (TPSA) is 72.9 Å². The minimum atomic E-state index is 0.0414. The van der Waals surface area contributed by atoms with E-state index in [-0.39, 0.29) is 11.8 Å². The first-order valence-corrected chi connectivity index (χ1v) is 7.28. The van der Waals surface area contributed by atoms with E-state index in [0.29, 0.717) is 19.5 Å². The first kappa shape index (κ1) is 15.3. The van der Waals surface area contributed by atoms with Gasteiger partial charge in [0.05, 0.1) is 11.9 Å². The molecule has 1 unspecified atom stereocenters. The highest BCUT2D eigenvalue weighted by atomic mass is 16.1. The van der Waals surface area contributed by atoms with Crippen molar-refractivity contribution in [3.8, 4) is 5.69 Å². The van der Waals surface area contributed by atoms with Crippen LogP contribution in [0.2, 0.25) is 0 Å². The number of aromatic nitrogens is 2. The normalized spacial score (nSPS) is 12.1. The molecule has 0 spiro atoms. The summed E-state index contributed by atoms with van der Waals surface area (Å²) in [6.45, 7) is 3.09. The Labute approximate surface area is 125 Å². The van der Waals surface area contributed by atoms with Crippen LogP contribution in [0.1, 0.15) is 25.3 Å². The fourth-order valence-electron chi connectivity index (χ4n) is 2.10. The van der Waals surface area contributed by atoms with Crippen LogP contribution in [0.5, 0.6) is 0 Å². The van der Waals surface area contributed by atoms with E-state index in [9.17, 15) is 4.79 Å². The molecule has 2 rings (SSSR count). The number of hydrogen-bond acceptors (Lipinski definition) is 3. The molecule has 0 aliphatic heterocycles. The summed E-state index contributed by atoms with van der Waals surface area (Å²) in [7, 11) is 0. The number of nitrogens with two attached hydrogens (primary N) is 1. The molecule has 0 bridgehead atoms. The van der Waals surface area contributed by atoms with E-state index < -0.39 is 0 Å². The van der Waals surface area contributed by atoms with Crippen LogP contribution in [0, 0.1) is 5.92 Å². The number of benzene rings is 1. The van der Waals surface area contributed by atoms with Crippen molar-refractivity contribution in [1.82, 2.24) is 15.1 Å². The van der Waals surface area contributed by atoms with Gasteiger partial charge >= 0.3 is 0 Å². The van der Waals surface area contributed by atoms with Crippen molar-refractivity contribution >= 4 is 5.91 Å². The molecule has 1 aromatic heterocycles. The number of carbonyl (C=O) groups excluding carboxylic acids is 1. The lowest BCUT2D eigenvalue weighted by molar-refractivity contribution is -0.122. The molecular formula is C16H22N4O. The number of carbonyl (C=O) groups is 1. The minimum Gasteiger partial charge on any atom is -0.352 e. The molecule has 0 aliphatic rings. The number of rotatable bonds is 7. The summed E-state index contributed by atoms with van der Waals surface area (Å²) in [6.07, 6.45) is 5.11. The van der Waals surface area contributed by atoms with E-state index in [2.05, 4.69) is 17.3 Å². The van der Waals surface area contributed by atoms with Crippen LogP contribution in [0.25, 0.3) is 5.69 Å². The molecule has 0 radical (unpaired) electrons. The average Bonchev–Trinajstić information content (AvgIpc) is 3.00. The van der Waals surface area contributed by atoms with Crippen LogP contribution in [0.3, 0.4) is 0 Å². The maximum atomic E-state index is 11.8. The molecule has 5 nitrogen and oxygen atoms in total. The Morgan fingerprint density at radius 2 is 2.14 bits per heavy atom. The van der Waals surface area contributed by atoms with E-state index >= 15 is 0 Å². The maximum absolute atomic E-state index is 11.8. The standard InChI is InChI=1S/C16H22N4O/c1-2-13(9-17)8-16(21)18-10-14-11-19-20(12-14)15-6-4-3-5-7-15/h3-7,11-13H,2,8-10,17H2,1H3,(H,18,21). The van der Waals surface area contributed by atoms with Gasteiger partial charge in [0, 0.05) is 24.7 Å². The predicted octanol–water partition coefficient (Wildman–Crippen LogP) is 1.86. The Kier molecular flexibility index (Phi) is 5.51. The van der Waals surface area contributed by atoms with Gasteiger partial charge in [-0.3, -0.25) is 4.79 Å². The number of amides is 1. The molecule has 0 saturated carbocycles. The molecule has 0 saturated heterocycles. The van der Waals surface area contributed by atoms with Gasteiger partial charge in [-0.25, -0.2) is 4.68 Å². The Balaban J connectivity index is 1.87. The van der Waals surface area contributed by atoms with Crippen molar-refractivity contribution in [3.05, 3.63) is 48.3 Å². The number of para-hydroxylation sites is 1. The van der Waals surface area contributed by atoms with Crippen molar-refractivity contribution in [2.75, 3.05) is 6.54 Å². The third kappa shape index (κ3) is 4.43. The van der Waals surface area contributed by atoms with Crippen molar-refractivity contribution in [3.63, 3.8) is 0 Å². The summed E-state index contributed by atoms with van der Waals surface area (Å²) >= 11 is 0. The van der Waals surface area contributed by atoms with E-state index in [4.69, 9.17) is 5.73 Å². The van der Waals surface area contributed by atoms with Crippen LogP contribution < -0.4 is 11.1 Å². The maximum Gasteiger partial charge on any atom is 0.220 e. The zero-order valence-corrected chi connectivity index (χ0v) is 12.3. The summed E-state index contributed by atoms with van der Waals surface area (Å²) < 4.78 is 1.80. The molecule has 0 aliphatic carbocycles. The number of hydrogen-bond donors (Lipinski definition) is 2. The second kappa shape index (κ2) is 7.59. The fourth-order valence-corrected chi connectivity index (χ4v) is 2.10. The lowest BCUT2D eigenvalue weighted by atomic mass is 10.0. The molecule has 3 N–H and O–H groups in total. The smallest absolute Gasteiger partial charge is 0.220 e. The summed E-state index contributed by atoms with van der Waals surface area (Å²) in [5.74, 6) is 0.303. The predicted molar refractivity (Wildman–Crippen MR) is 82.9 cm³/mol. The van der Waals surface area contributed by atoms with Gasteiger partial charge in [0.15, 0.2) is 0 Å². The molecule has 1 amide bonds. The van der Waals surface area contributed by atoms with E-state index in [1.807, 2.05) is 36.5 Å². The number of nitrogens with one attached hydrogen (secondary N) is 1. The lowest BCUT2D eigenvalue weighted by Crippen LogP contribution is -2.27. The zero-order valence-electron chi connectivity index (χ0n) is 12.3. The molecule has 21 heavy (non-hydrogen) atoms. The highest BCUT2D eigenvalue weighted by Gasteiger charge is 2.10. The second-order valence-electron chi connectivity index (χ2n) is 5.12. The first-order valence-electron chi connectivity index (χ1n) is 7.28. The van der Waals surface area contributed by atoms with Gasteiger partial charge in [0.25, 0.3) is 0 Å². The van der Waals surface area contributed by atoms with Crippen molar-refractivity contribution in [1.29, 1.82) is 0 Å². The van der Waals surface area contributed by atoms with Crippen molar-refractivity contribution < 1.29 is 4.79 Å². The molecular weight excluding hydrogens is 264 g/mol. The van der Waals surface area contributed by atoms with E-state index in [1.54, 1.807) is 10.9 Å². The Hall–Kier alpha value is -2.14. The lowest BCUT2D eigenvalue weighted by Gasteiger charge is -2.11. The minimum absolute atomic E-state index is 0.0414. The summed E-state index contributed by atoms with van der Waals surface area (Å²) in [5.41, 5.74) is 7.60. The van der Waals surface area contributed by atoms with Crippen LogP contribution in [-0.2, 0) is 11.3 Å². The Bertz CT molecular complexity index is 561. The van der Waals surface area contributed by atoms with Gasteiger partial charge in [-0.2, -0.15) is 5.10 Å². The SMILES string of the molecule is CCC(CN)CC(=O)NCc1cnn(-c2ccccc2)c1. The summed E-state index contributed by atoms with van der Waals surface area (Å²) in [6, 6.07) is 9.88. The van der Waals surface area contributed by atoms with Crippen LogP contribution in [0.15, 0.2) is 42.7 Å². The largest absolute Gasteiger partial charge is 0.352 e. The summed E-state index contributed by atoms with van der Waals surface area (Å²) in [4.78, 5) is 11.8. The van der Waals surface area contributed by atoms with E-state index in [0.717, 1.165) is 17.7 Å². The van der Waals surface area contributed by atoms with Gasteiger partial charge in [-0.15, -0.1) is 0 Å². The van der Waals surface area contributed by atoms with E-state index in [1.165, 1.54) is 0 Å². The number of nitrogens with zero attached hydrogens (tertiary/aromatic N) is 2. The molecule has 5 heteroatoms. The summed E-state index contributed by atoms with van der Waals surface area (Å²) in [5, 5.41) is 7.22. The molecule has 1 heterocycles. The van der Waals surface area contributed by atoms with Crippen molar-refractivity contribution in [2.45, 2.75) is 26.3 Å². The van der Waals surface area contributed by atoms with Gasteiger partial charge < -0.3 is 11.1 Å². The van der Waals surface area contributed by atoms with Crippen LogP contribution in [0.4, 0.5) is 0 Å². The van der Waals surface area contributed by atoms with Crippen molar-refractivity contribution in [2.24, 2.45) is 11.7 Å². The highest BCUT2D eigenvalue weighted by Crippen LogP contribution is 2.08. The molecule has 0 fully saturated rings. The molecule has 1 atom stereocenters. The zero-order chi connectivity index (χ0) is 15.1. The van der Waals surface area contributed by atoms with Crippen LogP contribution in [-0.4, -0.2) is 22.2 Å². The van der Waals surface area contributed by atoms with Gasteiger partial charge in [-0.1, -0.05) is 31.5 Å². The first-order chi connectivity index (χ1) is 10.2. The Morgan fingerprint density at radius 3 is 2.81 bits per heavy atom. The van der Waals surface area contributed by atoms with Gasteiger partial charge in [0.1, 0.15) is 0 Å². The third-order valence-electron chi connectivity index (χ3n) is 3.53. The molecule has 112 valence electrons. The highest BCUT2D eigenvalue weighted by molar-refractivity contribution is 5.76. The molecule has 2 aromatic rings.